The summed E-state index contributed by atoms with van der Waals surface area (Å²) in [5, 5.41) is 0. The molecule has 0 fully saturated rings. The third kappa shape index (κ3) is 63.8. The molecule has 0 aliphatic carbocycles. The average molecular weight is 580 g/mol. The van der Waals surface area contributed by atoms with E-state index in [0.717, 1.165) is 6.42 Å². The van der Waals surface area contributed by atoms with E-state index in [9.17, 15) is 0 Å². The number of rotatable bonds is 27. The minimum absolute atomic E-state index is 1.13. The van der Waals surface area contributed by atoms with Crippen molar-refractivity contribution in [3.05, 3.63) is 24.3 Å². The predicted octanol–water partition coefficient (Wildman–Crippen LogP) is 14.9. The summed E-state index contributed by atoms with van der Waals surface area (Å²) in [7, 11) is 4.34. The Bertz CT molecular complexity index is 415. The quantitative estimate of drug-likeness (QED) is 0.0691. The van der Waals surface area contributed by atoms with Gasteiger partial charge in [-0.25, -0.2) is 0 Å². The molecule has 0 aliphatic rings. The van der Waals surface area contributed by atoms with Gasteiger partial charge in [-0.2, -0.15) is 0 Å². The average Bonchev–Trinajstić information content (AvgIpc) is 2.97. The van der Waals surface area contributed by atoms with Gasteiger partial charge in [0, 0.05) is 0 Å². The van der Waals surface area contributed by atoms with Gasteiger partial charge in [0.1, 0.15) is 0 Å². The van der Waals surface area contributed by atoms with Gasteiger partial charge in [-0.3, -0.25) is 0 Å². The Kier molecular flexibility index (Phi) is 60.2. The molecule has 0 radical (unpaired) electrons. The Hall–Kier alpha value is -0.560. The summed E-state index contributed by atoms with van der Waals surface area (Å²) < 4.78 is 0. The molecule has 1 heteroatoms. The molecule has 0 aromatic carbocycles. The van der Waals surface area contributed by atoms with Gasteiger partial charge in [-0.05, 0) is 59.2 Å². The lowest BCUT2D eigenvalue weighted by atomic mass is 10.1. The number of allylic oxidation sites excluding steroid dienone is 4. The van der Waals surface area contributed by atoms with Crippen molar-refractivity contribution in [1.82, 2.24) is 4.90 Å². The van der Waals surface area contributed by atoms with Crippen LogP contribution in [0.4, 0.5) is 0 Å². The summed E-state index contributed by atoms with van der Waals surface area (Å²) in [6.45, 7) is 16.3. The largest absolute Gasteiger partial charge is 0.309 e. The molecule has 0 amide bonds. The van der Waals surface area contributed by atoms with Crippen molar-refractivity contribution >= 4 is 0 Å². The molecule has 1 nitrogen and oxygen atoms in total. The minimum atomic E-state index is 1.13. The number of nitrogens with zero attached hydrogens (tertiary/aromatic N) is 1. The monoisotopic (exact) mass is 580 g/mol. The van der Waals surface area contributed by atoms with Crippen molar-refractivity contribution in [2.24, 2.45) is 0 Å². The summed E-state index contributed by atoms with van der Waals surface area (Å²) >= 11 is 0. The number of hydrogen-bond acceptors (Lipinski definition) is 1. The van der Waals surface area contributed by atoms with Crippen molar-refractivity contribution in [2.45, 2.75) is 215 Å². The zero-order chi connectivity index (χ0) is 31.5. The number of unbranched alkanes of at least 4 members (excludes halogenated alkanes) is 21. The molecule has 0 rings (SSSR count). The van der Waals surface area contributed by atoms with Crippen LogP contribution in [0.2, 0.25) is 0 Å². The first kappa shape index (κ1) is 47.4. The molecule has 0 N–H and O–H groups in total. The van der Waals surface area contributed by atoms with E-state index < -0.39 is 0 Å². The lowest BCUT2D eigenvalue weighted by molar-refractivity contribution is 0.389. The van der Waals surface area contributed by atoms with E-state index in [4.69, 9.17) is 0 Å². The third-order valence-corrected chi connectivity index (χ3v) is 7.01. The van der Waals surface area contributed by atoms with Crippen LogP contribution in [-0.2, 0) is 0 Å². The molecule has 0 spiro atoms. The Morgan fingerprint density at radius 1 is 0.366 bits per heavy atom. The smallest absolute Gasteiger partial charge is 0.00248 e. The summed E-state index contributed by atoms with van der Waals surface area (Å²) in [4.78, 5) is 2.29. The van der Waals surface area contributed by atoms with Crippen molar-refractivity contribution in [1.29, 1.82) is 0 Å². The van der Waals surface area contributed by atoms with Gasteiger partial charge in [0.15, 0.2) is 0 Å². The zero-order valence-electron chi connectivity index (χ0n) is 30.8. The molecule has 0 atom stereocenters. The molecule has 0 aromatic rings. The highest BCUT2D eigenvalue weighted by Gasteiger charge is 1.94. The highest BCUT2D eigenvalue weighted by Crippen LogP contribution is 2.12. The fourth-order valence-corrected chi connectivity index (χ4v) is 4.51. The fraction of sp³-hybridized carbons (Fsp3) is 0.900. The predicted molar refractivity (Wildman–Crippen MR) is 197 cm³/mol. The van der Waals surface area contributed by atoms with Crippen molar-refractivity contribution in [3.8, 4) is 0 Å². The first-order valence-corrected chi connectivity index (χ1v) is 19.0. The van der Waals surface area contributed by atoms with E-state index in [0.29, 0.717) is 0 Å². The SMILES string of the molecule is CC.CCC.CCCCC/C=C\C/C=C\CCCCCCCCCCCCN(C)C.CCCCCCCCCCC. The van der Waals surface area contributed by atoms with Crippen molar-refractivity contribution in [3.63, 3.8) is 0 Å². The number of hydrogen-bond donors (Lipinski definition) is 0. The van der Waals surface area contributed by atoms with Crippen molar-refractivity contribution in [2.75, 3.05) is 20.6 Å². The van der Waals surface area contributed by atoms with E-state index in [2.05, 4.69) is 77.9 Å². The van der Waals surface area contributed by atoms with E-state index in [-0.39, 0.29) is 0 Å². The second kappa shape index (κ2) is 52.1. The first-order valence-electron chi connectivity index (χ1n) is 19.0. The van der Waals surface area contributed by atoms with Gasteiger partial charge in [0.25, 0.3) is 0 Å². The maximum absolute atomic E-state index is 2.38. The molecular formula is C40H85N. The summed E-state index contributed by atoms with van der Waals surface area (Å²) in [6.07, 6.45) is 45.6. The summed E-state index contributed by atoms with van der Waals surface area (Å²) in [6, 6.07) is 0. The molecule has 0 unspecified atom stereocenters. The minimum Gasteiger partial charge on any atom is -0.309 e. The van der Waals surface area contributed by atoms with Crippen molar-refractivity contribution < 1.29 is 0 Å². The summed E-state index contributed by atoms with van der Waals surface area (Å²) in [5.41, 5.74) is 0. The lowest BCUT2D eigenvalue weighted by Gasteiger charge is -2.08. The van der Waals surface area contributed by atoms with Gasteiger partial charge >= 0.3 is 0 Å². The molecule has 0 aromatic heterocycles. The molecular weight excluding hydrogens is 494 g/mol. The van der Waals surface area contributed by atoms with Crippen LogP contribution in [0.25, 0.3) is 0 Å². The van der Waals surface area contributed by atoms with E-state index >= 15 is 0 Å². The zero-order valence-corrected chi connectivity index (χ0v) is 30.8. The fourth-order valence-electron chi connectivity index (χ4n) is 4.51. The maximum atomic E-state index is 2.38. The molecule has 250 valence electrons. The molecule has 0 saturated carbocycles. The third-order valence-electron chi connectivity index (χ3n) is 7.01. The Morgan fingerprint density at radius 2 is 0.634 bits per heavy atom. The van der Waals surface area contributed by atoms with Gasteiger partial charge in [-0.15, -0.1) is 0 Å². The first-order chi connectivity index (χ1) is 20.1. The Balaban J connectivity index is -0.000000354. The second-order valence-electron chi connectivity index (χ2n) is 12.0. The standard InChI is InChI=1S/C24H47N.C11H24.C3H8.C2H6/c1-4-5-6-7-8-9-10-11-12-13-14-15-16-17-18-19-20-21-22-23-24-25(2)3;1-3-5-7-9-11-10-8-6-4-2;1-3-2;1-2/h8-9,11-12H,4-7,10,13-24H2,1-3H3;3-11H2,1-2H3;3H2,1-2H3;1-2H3/b9-8-,12-11-;;;. The van der Waals surface area contributed by atoms with Crippen LogP contribution in [0.1, 0.15) is 215 Å². The molecule has 41 heavy (non-hydrogen) atoms. The highest BCUT2D eigenvalue weighted by molar-refractivity contribution is 4.92. The maximum Gasteiger partial charge on any atom is -0.00248 e. The normalized spacial score (nSPS) is 10.8. The van der Waals surface area contributed by atoms with Gasteiger partial charge in [0.05, 0.1) is 0 Å². The van der Waals surface area contributed by atoms with E-state index in [1.54, 1.807) is 0 Å². The molecule has 0 saturated heterocycles. The molecule has 0 bridgehead atoms. The Labute approximate surface area is 264 Å². The lowest BCUT2D eigenvalue weighted by Crippen LogP contribution is -2.12. The van der Waals surface area contributed by atoms with Crippen LogP contribution in [0.3, 0.4) is 0 Å². The topological polar surface area (TPSA) is 3.24 Å². The van der Waals surface area contributed by atoms with E-state index in [1.807, 2.05) is 13.8 Å². The van der Waals surface area contributed by atoms with Crippen LogP contribution >= 0.6 is 0 Å². The molecule has 0 heterocycles. The van der Waals surface area contributed by atoms with Crippen LogP contribution < -0.4 is 0 Å². The van der Waals surface area contributed by atoms with Gasteiger partial charge in [0.2, 0.25) is 0 Å². The Morgan fingerprint density at radius 3 is 0.976 bits per heavy atom. The van der Waals surface area contributed by atoms with Crippen LogP contribution in [0.5, 0.6) is 0 Å². The highest BCUT2D eigenvalue weighted by atomic mass is 15.0. The van der Waals surface area contributed by atoms with Gasteiger partial charge < -0.3 is 4.90 Å². The van der Waals surface area contributed by atoms with Crippen LogP contribution in [-0.4, -0.2) is 25.5 Å². The second-order valence-corrected chi connectivity index (χ2v) is 12.0. The van der Waals surface area contributed by atoms with E-state index in [1.165, 1.54) is 167 Å². The molecule has 0 aliphatic heterocycles. The summed E-state index contributed by atoms with van der Waals surface area (Å²) in [5.74, 6) is 0. The van der Waals surface area contributed by atoms with Gasteiger partial charge in [-0.1, -0.05) is 201 Å². The van der Waals surface area contributed by atoms with Crippen LogP contribution in [0.15, 0.2) is 24.3 Å². The van der Waals surface area contributed by atoms with Crippen LogP contribution in [0, 0.1) is 0 Å².